The van der Waals surface area contributed by atoms with Gasteiger partial charge >= 0.3 is 0 Å². The van der Waals surface area contributed by atoms with Crippen molar-refractivity contribution in [1.82, 2.24) is 9.78 Å². The van der Waals surface area contributed by atoms with Crippen molar-refractivity contribution < 1.29 is 19.4 Å². The monoisotopic (exact) mass is 338 g/mol. The Kier molecular flexibility index (Phi) is 3.97. The average Bonchev–Trinajstić information content (AvgIpc) is 3.12. The summed E-state index contributed by atoms with van der Waals surface area (Å²) < 4.78 is 7.40. The number of ketones is 1. The largest absolute Gasteiger partial charge is 0.496 e. The highest BCUT2D eigenvalue weighted by atomic mass is 16.5. The van der Waals surface area contributed by atoms with E-state index in [1.54, 1.807) is 17.1 Å². The van der Waals surface area contributed by atoms with Crippen LogP contribution in [0.4, 0.5) is 0 Å². The van der Waals surface area contributed by atoms with E-state index in [4.69, 9.17) is 4.74 Å². The molecule has 2 heterocycles. The molecule has 2 aliphatic rings. The molecule has 25 heavy (non-hydrogen) atoms. The standard InChI is InChI=1S/C19H18N2O4/c22-10-15-17(23)7-6-14-18(24)16(11-25-19(14)15)12-8-20-21(9-12)13-4-2-1-3-5-13/h1-5,8-11,14-15,17,19,23H,6-7H2. The molecule has 1 fully saturated rings. The summed E-state index contributed by atoms with van der Waals surface area (Å²) in [6, 6.07) is 9.62. The van der Waals surface area contributed by atoms with Crippen LogP contribution < -0.4 is 0 Å². The Morgan fingerprint density at radius 1 is 1.24 bits per heavy atom. The molecule has 1 N–H and O–H groups in total. The van der Waals surface area contributed by atoms with Crippen LogP contribution in [0, 0.1) is 11.8 Å². The van der Waals surface area contributed by atoms with E-state index in [-0.39, 0.29) is 5.78 Å². The molecule has 1 aliphatic carbocycles. The number of aldehydes is 1. The molecular weight excluding hydrogens is 320 g/mol. The Morgan fingerprint density at radius 3 is 2.80 bits per heavy atom. The van der Waals surface area contributed by atoms with E-state index in [0.717, 1.165) is 5.69 Å². The Morgan fingerprint density at radius 2 is 2.04 bits per heavy atom. The van der Waals surface area contributed by atoms with Gasteiger partial charge in [0.2, 0.25) is 0 Å². The van der Waals surface area contributed by atoms with Crippen LogP contribution in [0.15, 0.2) is 49.0 Å². The summed E-state index contributed by atoms with van der Waals surface area (Å²) in [5.41, 5.74) is 2.05. The Hall–Kier alpha value is -2.73. The molecule has 4 rings (SSSR count). The molecule has 6 heteroatoms. The number of ether oxygens (including phenoxy) is 1. The number of para-hydroxylation sites is 1. The number of aromatic nitrogens is 2. The minimum Gasteiger partial charge on any atom is -0.496 e. The van der Waals surface area contributed by atoms with E-state index in [2.05, 4.69) is 5.10 Å². The van der Waals surface area contributed by atoms with Gasteiger partial charge in [-0.2, -0.15) is 5.10 Å². The maximum atomic E-state index is 12.9. The first-order valence-corrected chi connectivity index (χ1v) is 8.32. The molecule has 128 valence electrons. The van der Waals surface area contributed by atoms with Gasteiger partial charge in [-0.1, -0.05) is 18.2 Å². The van der Waals surface area contributed by atoms with Crippen molar-refractivity contribution in [3.63, 3.8) is 0 Å². The van der Waals surface area contributed by atoms with Crippen LogP contribution in [0.2, 0.25) is 0 Å². The smallest absolute Gasteiger partial charge is 0.173 e. The highest BCUT2D eigenvalue weighted by molar-refractivity contribution is 6.22. The number of fused-ring (bicyclic) bond motifs is 1. The van der Waals surface area contributed by atoms with E-state index in [0.29, 0.717) is 30.3 Å². The van der Waals surface area contributed by atoms with Crippen molar-refractivity contribution in [3.8, 4) is 5.69 Å². The van der Waals surface area contributed by atoms with Gasteiger partial charge in [-0.25, -0.2) is 4.68 Å². The Bertz CT molecular complexity index is 827. The number of nitrogens with zero attached hydrogens (tertiary/aromatic N) is 2. The number of aliphatic hydroxyl groups excluding tert-OH is 1. The minimum absolute atomic E-state index is 0.0531. The third kappa shape index (κ3) is 2.68. The fraction of sp³-hybridized carbons (Fsp3) is 0.316. The summed E-state index contributed by atoms with van der Waals surface area (Å²) in [5, 5.41) is 14.3. The SMILES string of the molecule is O=CC1C(O)CCC2C(=O)C(c3cnn(-c4ccccc4)c3)=COC21. The van der Waals surface area contributed by atoms with Crippen molar-refractivity contribution in [2.24, 2.45) is 11.8 Å². The predicted octanol–water partition coefficient (Wildman–Crippen LogP) is 1.77. The van der Waals surface area contributed by atoms with Crippen LogP contribution in [-0.2, 0) is 14.3 Å². The normalized spacial score (nSPS) is 28.7. The van der Waals surface area contributed by atoms with Gasteiger partial charge in [-0.15, -0.1) is 0 Å². The fourth-order valence-corrected chi connectivity index (χ4v) is 3.63. The van der Waals surface area contributed by atoms with Crippen molar-refractivity contribution in [1.29, 1.82) is 0 Å². The summed E-state index contributed by atoms with van der Waals surface area (Å²) in [4.78, 5) is 24.1. The first kappa shape index (κ1) is 15.8. The van der Waals surface area contributed by atoms with Crippen LogP contribution in [-0.4, -0.2) is 39.2 Å². The van der Waals surface area contributed by atoms with Crippen LogP contribution in [0.5, 0.6) is 0 Å². The summed E-state index contributed by atoms with van der Waals surface area (Å²) in [7, 11) is 0. The molecule has 0 spiro atoms. The van der Waals surface area contributed by atoms with Gasteiger partial charge in [0, 0.05) is 11.8 Å². The highest BCUT2D eigenvalue weighted by Crippen LogP contribution is 2.38. The number of benzene rings is 1. The maximum absolute atomic E-state index is 12.9. The fourth-order valence-electron chi connectivity index (χ4n) is 3.63. The lowest BCUT2D eigenvalue weighted by Crippen LogP contribution is -2.48. The van der Waals surface area contributed by atoms with Gasteiger partial charge in [-0.05, 0) is 25.0 Å². The molecule has 0 saturated heterocycles. The second-order valence-corrected chi connectivity index (χ2v) is 6.47. The van der Waals surface area contributed by atoms with Gasteiger partial charge in [0.05, 0.1) is 41.7 Å². The zero-order valence-electron chi connectivity index (χ0n) is 13.5. The third-order valence-electron chi connectivity index (χ3n) is 5.01. The second kappa shape index (κ2) is 6.29. The Balaban J connectivity index is 1.63. The van der Waals surface area contributed by atoms with Crippen LogP contribution >= 0.6 is 0 Å². The van der Waals surface area contributed by atoms with E-state index in [9.17, 15) is 14.7 Å². The summed E-state index contributed by atoms with van der Waals surface area (Å²) >= 11 is 0. The number of hydrogen-bond donors (Lipinski definition) is 1. The molecule has 1 aromatic carbocycles. The number of allylic oxidation sites excluding steroid dienone is 1. The van der Waals surface area contributed by atoms with Gasteiger partial charge in [0.1, 0.15) is 12.4 Å². The number of carbonyl (C=O) groups is 2. The summed E-state index contributed by atoms with van der Waals surface area (Å²) in [5.74, 6) is -1.12. The second-order valence-electron chi connectivity index (χ2n) is 6.47. The summed E-state index contributed by atoms with van der Waals surface area (Å²) in [6.07, 6.45) is 5.14. The van der Waals surface area contributed by atoms with Crippen molar-refractivity contribution in [2.45, 2.75) is 25.0 Å². The number of carbonyl (C=O) groups excluding carboxylic acids is 2. The molecule has 1 aliphatic heterocycles. The van der Waals surface area contributed by atoms with Crippen LogP contribution in [0.1, 0.15) is 18.4 Å². The molecule has 0 radical (unpaired) electrons. The van der Waals surface area contributed by atoms with Crippen LogP contribution in [0.3, 0.4) is 0 Å². The number of Topliss-reactive ketones (excluding diaryl/α,β-unsaturated/α-hetero) is 1. The zero-order chi connectivity index (χ0) is 17.4. The molecule has 0 bridgehead atoms. The summed E-state index contributed by atoms with van der Waals surface area (Å²) in [6.45, 7) is 0. The Labute approximate surface area is 144 Å². The third-order valence-corrected chi connectivity index (χ3v) is 5.01. The first-order chi connectivity index (χ1) is 12.2. The lowest BCUT2D eigenvalue weighted by molar-refractivity contribution is -0.138. The minimum atomic E-state index is -0.748. The molecule has 1 aromatic heterocycles. The van der Waals surface area contributed by atoms with Gasteiger partial charge in [0.25, 0.3) is 0 Å². The molecule has 6 nitrogen and oxygen atoms in total. The zero-order valence-corrected chi connectivity index (χ0v) is 13.5. The van der Waals surface area contributed by atoms with Gasteiger partial charge in [-0.3, -0.25) is 4.79 Å². The maximum Gasteiger partial charge on any atom is 0.173 e. The lowest BCUT2D eigenvalue weighted by Gasteiger charge is -2.39. The van der Waals surface area contributed by atoms with Gasteiger partial charge in [0.15, 0.2) is 5.78 Å². The van der Waals surface area contributed by atoms with E-state index < -0.39 is 24.0 Å². The topological polar surface area (TPSA) is 81.4 Å². The van der Waals surface area contributed by atoms with Crippen molar-refractivity contribution in [3.05, 3.63) is 54.6 Å². The predicted molar refractivity (Wildman–Crippen MR) is 89.7 cm³/mol. The van der Waals surface area contributed by atoms with E-state index in [1.807, 2.05) is 30.3 Å². The van der Waals surface area contributed by atoms with Gasteiger partial charge < -0.3 is 14.6 Å². The molecule has 4 atom stereocenters. The quantitative estimate of drug-likeness (QED) is 0.863. The number of hydrogen-bond acceptors (Lipinski definition) is 5. The van der Waals surface area contributed by atoms with E-state index in [1.165, 1.54) is 6.26 Å². The van der Waals surface area contributed by atoms with Crippen molar-refractivity contribution in [2.75, 3.05) is 0 Å². The first-order valence-electron chi connectivity index (χ1n) is 8.32. The van der Waals surface area contributed by atoms with E-state index >= 15 is 0 Å². The molecule has 1 saturated carbocycles. The number of rotatable bonds is 3. The van der Waals surface area contributed by atoms with Crippen molar-refractivity contribution >= 4 is 17.6 Å². The molecule has 4 unspecified atom stereocenters. The highest BCUT2D eigenvalue weighted by Gasteiger charge is 2.46. The van der Waals surface area contributed by atoms with Crippen LogP contribution in [0.25, 0.3) is 11.3 Å². The molecular formula is C19H18N2O4. The molecule has 0 amide bonds. The number of aliphatic hydroxyl groups is 1. The average molecular weight is 338 g/mol. The lowest BCUT2D eigenvalue weighted by atomic mass is 9.73. The molecule has 2 aromatic rings.